The first-order valence-corrected chi connectivity index (χ1v) is 5.97. The van der Waals surface area contributed by atoms with Crippen LogP contribution in [0, 0.1) is 0 Å². The molecule has 20 heavy (non-hydrogen) atoms. The molecule has 0 saturated heterocycles. The first kappa shape index (κ1) is 15.8. The molecular weight excluding hydrogens is 286 g/mol. The maximum absolute atomic E-state index is 11.5. The normalized spacial score (nSPS) is 9.75. The third kappa shape index (κ3) is 4.43. The largest absolute Gasteiger partial charge is 0.478 e. The zero-order valence-corrected chi connectivity index (χ0v) is 11.7. The van der Waals surface area contributed by atoms with E-state index in [2.05, 4.69) is 10.6 Å². The van der Waals surface area contributed by atoms with E-state index >= 15 is 0 Å². The van der Waals surface area contributed by atoms with Crippen molar-refractivity contribution in [3.63, 3.8) is 0 Å². The molecule has 3 amide bonds. The van der Waals surface area contributed by atoms with E-state index in [-0.39, 0.29) is 28.7 Å². The average Bonchev–Trinajstić information content (AvgIpc) is 2.37. The van der Waals surface area contributed by atoms with Crippen molar-refractivity contribution in [1.82, 2.24) is 10.2 Å². The highest BCUT2D eigenvalue weighted by molar-refractivity contribution is 6.34. The Morgan fingerprint density at radius 2 is 1.95 bits per heavy atom. The lowest BCUT2D eigenvalue weighted by Crippen LogP contribution is -2.38. The average molecular weight is 300 g/mol. The van der Waals surface area contributed by atoms with Crippen molar-refractivity contribution in [2.45, 2.75) is 0 Å². The molecule has 0 saturated carbocycles. The zero-order chi connectivity index (χ0) is 15.3. The summed E-state index contributed by atoms with van der Waals surface area (Å²) in [5, 5.41) is 13.7. The fraction of sp³-hybridized carbons (Fsp3) is 0.250. The second-order valence-electron chi connectivity index (χ2n) is 4.10. The van der Waals surface area contributed by atoms with Gasteiger partial charge in [0, 0.05) is 14.1 Å². The third-order valence-corrected chi connectivity index (χ3v) is 2.68. The highest BCUT2D eigenvalue weighted by Gasteiger charge is 2.11. The number of carbonyl (C=O) groups is 3. The van der Waals surface area contributed by atoms with Crippen LogP contribution in [-0.2, 0) is 4.79 Å². The van der Waals surface area contributed by atoms with E-state index in [1.165, 1.54) is 23.1 Å². The fourth-order valence-corrected chi connectivity index (χ4v) is 1.46. The summed E-state index contributed by atoms with van der Waals surface area (Å²) in [7, 11) is 3.15. The van der Waals surface area contributed by atoms with Crippen LogP contribution in [0.2, 0.25) is 5.02 Å². The number of hydrogen-bond donors (Lipinski definition) is 3. The van der Waals surface area contributed by atoms with Crippen molar-refractivity contribution in [1.29, 1.82) is 0 Å². The number of anilines is 1. The van der Waals surface area contributed by atoms with Gasteiger partial charge in [0.05, 0.1) is 22.8 Å². The molecule has 0 spiro atoms. The number of hydrogen-bond acceptors (Lipinski definition) is 3. The fourth-order valence-electron chi connectivity index (χ4n) is 1.23. The monoisotopic (exact) mass is 299 g/mol. The highest BCUT2D eigenvalue weighted by Crippen LogP contribution is 2.22. The number of aromatic carboxylic acids is 1. The second-order valence-corrected chi connectivity index (χ2v) is 4.50. The van der Waals surface area contributed by atoms with Gasteiger partial charge >= 0.3 is 12.0 Å². The molecule has 0 heterocycles. The van der Waals surface area contributed by atoms with Crippen molar-refractivity contribution in [3.8, 4) is 0 Å². The van der Waals surface area contributed by atoms with Crippen LogP contribution in [0.5, 0.6) is 0 Å². The van der Waals surface area contributed by atoms with Gasteiger partial charge in [0.15, 0.2) is 0 Å². The second kappa shape index (κ2) is 6.76. The van der Waals surface area contributed by atoms with E-state index in [1.807, 2.05) is 0 Å². The van der Waals surface area contributed by atoms with Crippen LogP contribution in [0.25, 0.3) is 0 Å². The number of likely N-dealkylation sites (N-methyl/N-ethyl adjacent to an activating group) is 1. The lowest BCUT2D eigenvalue weighted by atomic mass is 10.2. The van der Waals surface area contributed by atoms with Gasteiger partial charge in [-0.3, -0.25) is 4.79 Å². The number of carboxylic acids is 1. The summed E-state index contributed by atoms with van der Waals surface area (Å²) in [5.41, 5.74) is 0.273. The first-order valence-electron chi connectivity index (χ1n) is 5.59. The van der Waals surface area contributed by atoms with Gasteiger partial charge in [-0.1, -0.05) is 11.6 Å². The predicted octanol–water partition coefficient (Wildman–Crippen LogP) is 1.25. The molecule has 3 N–H and O–H groups in total. The molecule has 1 aromatic carbocycles. The number of carbonyl (C=O) groups excluding carboxylic acids is 2. The SMILES string of the molecule is CN(C)C(=O)CNC(=O)Nc1ccc(C(=O)O)cc1Cl. The van der Waals surface area contributed by atoms with E-state index < -0.39 is 12.0 Å². The summed E-state index contributed by atoms with van der Waals surface area (Å²) in [6.45, 7) is -0.149. The van der Waals surface area contributed by atoms with Crippen molar-refractivity contribution < 1.29 is 19.5 Å². The van der Waals surface area contributed by atoms with Crippen LogP contribution < -0.4 is 10.6 Å². The minimum absolute atomic E-state index is 0.0174. The summed E-state index contributed by atoms with van der Waals surface area (Å²) >= 11 is 5.85. The number of nitrogens with one attached hydrogen (secondary N) is 2. The molecule has 108 valence electrons. The molecule has 1 aromatic rings. The molecular formula is C12H14ClN3O4. The minimum atomic E-state index is -1.11. The van der Waals surface area contributed by atoms with Gasteiger partial charge in [0.1, 0.15) is 0 Å². The van der Waals surface area contributed by atoms with Gasteiger partial charge in [-0.15, -0.1) is 0 Å². The summed E-state index contributed by atoms with van der Waals surface area (Å²) < 4.78 is 0. The van der Waals surface area contributed by atoms with E-state index in [9.17, 15) is 14.4 Å². The van der Waals surface area contributed by atoms with Crippen molar-refractivity contribution >= 4 is 35.2 Å². The Morgan fingerprint density at radius 3 is 2.45 bits per heavy atom. The van der Waals surface area contributed by atoms with Crippen LogP contribution >= 0.6 is 11.6 Å². The molecule has 0 aromatic heterocycles. The highest BCUT2D eigenvalue weighted by atomic mass is 35.5. The Balaban J connectivity index is 2.62. The molecule has 8 heteroatoms. The van der Waals surface area contributed by atoms with Gasteiger partial charge < -0.3 is 20.6 Å². The van der Waals surface area contributed by atoms with Gasteiger partial charge in [0.2, 0.25) is 5.91 Å². The molecule has 0 unspecified atom stereocenters. The Hall–Kier alpha value is -2.28. The lowest BCUT2D eigenvalue weighted by Gasteiger charge is -2.12. The molecule has 0 aliphatic carbocycles. The van der Waals surface area contributed by atoms with Crippen LogP contribution in [0.15, 0.2) is 18.2 Å². The summed E-state index contributed by atoms with van der Waals surface area (Å²) in [4.78, 5) is 34.9. The number of rotatable bonds is 4. The van der Waals surface area contributed by atoms with Crippen molar-refractivity contribution in [2.24, 2.45) is 0 Å². The molecule has 0 fully saturated rings. The summed E-state index contributed by atoms with van der Waals surface area (Å²) in [6.07, 6.45) is 0. The molecule has 0 bridgehead atoms. The predicted molar refractivity (Wildman–Crippen MR) is 74.1 cm³/mol. The van der Waals surface area contributed by atoms with Crippen LogP contribution in [0.4, 0.5) is 10.5 Å². The molecule has 1 rings (SSSR count). The number of carboxylic acid groups (broad SMARTS) is 1. The Morgan fingerprint density at radius 1 is 1.30 bits per heavy atom. The van der Waals surface area contributed by atoms with Gasteiger partial charge in [0.25, 0.3) is 0 Å². The first-order chi connectivity index (χ1) is 9.31. The molecule has 0 aliphatic heterocycles. The molecule has 0 radical (unpaired) electrons. The molecule has 7 nitrogen and oxygen atoms in total. The van der Waals surface area contributed by atoms with E-state index in [0.29, 0.717) is 0 Å². The van der Waals surface area contributed by atoms with Crippen LogP contribution in [0.3, 0.4) is 0 Å². The van der Waals surface area contributed by atoms with Gasteiger partial charge in [-0.25, -0.2) is 9.59 Å². The zero-order valence-electron chi connectivity index (χ0n) is 10.9. The number of nitrogens with zero attached hydrogens (tertiary/aromatic N) is 1. The van der Waals surface area contributed by atoms with Gasteiger partial charge in [-0.05, 0) is 18.2 Å². The molecule has 0 aliphatic rings. The Kier molecular flexibility index (Phi) is 5.33. The van der Waals surface area contributed by atoms with E-state index in [4.69, 9.17) is 16.7 Å². The summed E-state index contributed by atoms with van der Waals surface area (Å²) in [6, 6.07) is 3.31. The van der Waals surface area contributed by atoms with E-state index in [1.54, 1.807) is 14.1 Å². The number of amides is 3. The smallest absolute Gasteiger partial charge is 0.335 e. The van der Waals surface area contributed by atoms with Crippen LogP contribution in [-0.4, -0.2) is 48.6 Å². The number of urea groups is 1. The maximum Gasteiger partial charge on any atom is 0.335 e. The quantitative estimate of drug-likeness (QED) is 0.779. The maximum atomic E-state index is 11.5. The van der Waals surface area contributed by atoms with Gasteiger partial charge in [-0.2, -0.15) is 0 Å². The standard InChI is InChI=1S/C12H14ClN3O4/c1-16(2)10(17)6-14-12(20)15-9-4-3-7(11(18)19)5-8(9)13/h3-5H,6H2,1-2H3,(H,18,19)(H2,14,15,20). The topological polar surface area (TPSA) is 98.7 Å². The number of benzene rings is 1. The Labute approximate surface area is 120 Å². The Bertz CT molecular complexity index is 546. The minimum Gasteiger partial charge on any atom is -0.478 e. The lowest BCUT2D eigenvalue weighted by molar-refractivity contribution is -0.127. The van der Waals surface area contributed by atoms with Crippen LogP contribution in [0.1, 0.15) is 10.4 Å². The number of halogens is 1. The molecule has 0 atom stereocenters. The third-order valence-electron chi connectivity index (χ3n) is 2.36. The van der Waals surface area contributed by atoms with Crippen molar-refractivity contribution in [2.75, 3.05) is 26.0 Å². The van der Waals surface area contributed by atoms with Crippen molar-refractivity contribution in [3.05, 3.63) is 28.8 Å². The van der Waals surface area contributed by atoms with E-state index in [0.717, 1.165) is 0 Å². The summed E-state index contributed by atoms with van der Waals surface area (Å²) in [5.74, 6) is -1.37.